The van der Waals surface area contributed by atoms with E-state index in [4.69, 9.17) is 0 Å². The summed E-state index contributed by atoms with van der Waals surface area (Å²) in [4.78, 5) is 25.6. The summed E-state index contributed by atoms with van der Waals surface area (Å²) in [6.45, 7) is 2.52. The second-order valence-electron chi connectivity index (χ2n) is 6.08. The first-order valence-electron chi connectivity index (χ1n) is 8.06. The number of carbonyl (C=O) groups excluding carboxylic acids is 2. The zero-order chi connectivity index (χ0) is 17.1. The molecule has 0 atom stereocenters. The number of amides is 2. The van der Waals surface area contributed by atoms with E-state index in [1.54, 1.807) is 24.3 Å². The number of benzene rings is 2. The molecule has 0 fully saturated rings. The zero-order valence-corrected chi connectivity index (χ0v) is 13.9. The van der Waals surface area contributed by atoms with E-state index in [1.165, 1.54) is 18.2 Å². The van der Waals surface area contributed by atoms with Crippen molar-refractivity contribution in [2.45, 2.75) is 19.8 Å². The van der Waals surface area contributed by atoms with Gasteiger partial charge in [-0.3, -0.25) is 9.59 Å². The lowest BCUT2D eigenvalue weighted by Gasteiger charge is -2.27. The summed E-state index contributed by atoms with van der Waals surface area (Å²) in [6.07, 6.45) is 2.17. The normalized spacial score (nSPS) is 13.2. The number of nitrogens with one attached hydrogen (secondary N) is 2. The summed E-state index contributed by atoms with van der Waals surface area (Å²) < 4.78 is 0. The molecule has 3 rings (SSSR count). The smallest absolute Gasteiger partial charge is 0.255 e. The molecular formula is C19H21N3O2. The van der Waals surface area contributed by atoms with Crippen molar-refractivity contribution < 1.29 is 9.59 Å². The Morgan fingerprint density at radius 3 is 2.42 bits per heavy atom. The van der Waals surface area contributed by atoms with Crippen LogP contribution in [0.3, 0.4) is 0 Å². The molecule has 1 aliphatic rings. The lowest BCUT2D eigenvalue weighted by atomic mass is 10.0. The standard InChI is InChI=1S/C19H21N3O2/c1-13(23)20-16-7-5-14(6-8-16)19(24)21-17-9-10-18-15(12-17)4-3-11-22(18)2/h5-10,12H,3-4,11H2,1-2H3,(H,20,23)(H,21,24). The topological polar surface area (TPSA) is 61.4 Å². The van der Waals surface area contributed by atoms with Crippen LogP contribution in [0.1, 0.15) is 29.3 Å². The molecule has 0 unspecified atom stereocenters. The van der Waals surface area contributed by atoms with Crippen LogP contribution in [0, 0.1) is 0 Å². The molecule has 0 aliphatic carbocycles. The van der Waals surface area contributed by atoms with Gasteiger partial charge in [-0.1, -0.05) is 0 Å². The van der Waals surface area contributed by atoms with E-state index in [2.05, 4.69) is 34.7 Å². The van der Waals surface area contributed by atoms with Gasteiger partial charge >= 0.3 is 0 Å². The van der Waals surface area contributed by atoms with Crippen LogP contribution in [0.2, 0.25) is 0 Å². The van der Waals surface area contributed by atoms with Crippen LogP contribution in [0.5, 0.6) is 0 Å². The van der Waals surface area contributed by atoms with E-state index in [0.29, 0.717) is 11.3 Å². The summed E-state index contributed by atoms with van der Waals surface area (Å²) >= 11 is 0. The van der Waals surface area contributed by atoms with Crippen LogP contribution >= 0.6 is 0 Å². The molecule has 2 aromatic carbocycles. The van der Waals surface area contributed by atoms with Crippen LogP contribution in [-0.2, 0) is 11.2 Å². The van der Waals surface area contributed by atoms with Crippen LogP contribution in [0.15, 0.2) is 42.5 Å². The molecule has 0 saturated carbocycles. The molecule has 0 radical (unpaired) electrons. The third kappa shape index (κ3) is 3.56. The molecule has 1 heterocycles. The Morgan fingerprint density at radius 1 is 1.00 bits per heavy atom. The molecule has 124 valence electrons. The van der Waals surface area contributed by atoms with Crippen molar-refractivity contribution in [3.63, 3.8) is 0 Å². The predicted molar refractivity (Wildman–Crippen MR) is 96.7 cm³/mol. The molecule has 2 aromatic rings. The summed E-state index contributed by atoms with van der Waals surface area (Å²) in [5, 5.41) is 5.62. The number of rotatable bonds is 3. The predicted octanol–water partition coefficient (Wildman–Crippen LogP) is 3.28. The Kier molecular flexibility index (Phi) is 4.51. The number of carbonyl (C=O) groups is 2. The summed E-state index contributed by atoms with van der Waals surface area (Å²) in [5.74, 6) is -0.292. The Hall–Kier alpha value is -2.82. The van der Waals surface area contributed by atoms with Crippen molar-refractivity contribution in [3.05, 3.63) is 53.6 Å². The fourth-order valence-electron chi connectivity index (χ4n) is 2.97. The number of hydrogen-bond acceptors (Lipinski definition) is 3. The third-order valence-electron chi connectivity index (χ3n) is 4.16. The van der Waals surface area contributed by atoms with E-state index in [9.17, 15) is 9.59 Å². The number of fused-ring (bicyclic) bond motifs is 1. The number of aryl methyl sites for hydroxylation is 1. The zero-order valence-electron chi connectivity index (χ0n) is 13.9. The quantitative estimate of drug-likeness (QED) is 0.911. The average molecular weight is 323 g/mol. The SMILES string of the molecule is CC(=O)Nc1ccc(C(=O)Nc2ccc3c(c2)CCCN3C)cc1. The molecule has 0 spiro atoms. The highest BCUT2D eigenvalue weighted by Gasteiger charge is 2.14. The summed E-state index contributed by atoms with van der Waals surface area (Å²) in [5.41, 5.74) is 4.54. The average Bonchev–Trinajstić information content (AvgIpc) is 2.55. The molecule has 2 amide bonds. The minimum absolute atomic E-state index is 0.133. The van der Waals surface area contributed by atoms with Gasteiger partial charge in [0.2, 0.25) is 5.91 Å². The van der Waals surface area contributed by atoms with Gasteiger partial charge in [-0.2, -0.15) is 0 Å². The van der Waals surface area contributed by atoms with Crippen molar-refractivity contribution >= 4 is 28.9 Å². The number of anilines is 3. The fraction of sp³-hybridized carbons (Fsp3) is 0.263. The molecule has 0 bridgehead atoms. The van der Waals surface area contributed by atoms with Gasteiger partial charge in [0.1, 0.15) is 0 Å². The minimum atomic E-state index is -0.159. The van der Waals surface area contributed by atoms with E-state index in [0.717, 1.165) is 25.1 Å². The third-order valence-corrected chi connectivity index (χ3v) is 4.16. The van der Waals surface area contributed by atoms with E-state index >= 15 is 0 Å². The first kappa shape index (κ1) is 16.1. The van der Waals surface area contributed by atoms with Crippen LogP contribution in [0.25, 0.3) is 0 Å². The lowest BCUT2D eigenvalue weighted by molar-refractivity contribution is -0.114. The van der Waals surface area contributed by atoms with Crippen LogP contribution < -0.4 is 15.5 Å². The summed E-state index contributed by atoms with van der Waals surface area (Å²) in [6, 6.07) is 12.9. The molecule has 5 nitrogen and oxygen atoms in total. The lowest BCUT2D eigenvalue weighted by Crippen LogP contribution is -2.24. The Morgan fingerprint density at radius 2 is 1.71 bits per heavy atom. The highest BCUT2D eigenvalue weighted by atomic mass is 16.2. The maximum Gasteiger partial charge on any atom is 0.255 e. The second kappa shape index (κ2) is 6.74. The van der Waals surface area contributed by atoms with Crippen LogP contribution in [-0.4, -0.2) is 25.4 Å². The van der Waals surface area contributed by atoms with Gasteiger partial charge in [0.15, 0.2) is 0 Å². The highest BCUT2D eigenvalue weighted by Crippen LogP contribution is 2.28. The number of nitrogens with zero attached hydrogens (tertiary/aromatic N) is 1. The van der Waals surface area contributed by atoms with Gasteiger partial charge in [-0.05, 0) is 60.9 Å². The van der Waals surface area contributed by atoms with Gasteiger partial charge < -0.3 is 15.5 Å². The van der Waals surface area contributed by atoms with Gasteiger partial charge in [0.25, 0.3) is 5.91 Å². The van der Waals surface area contributed by atoms with Crippen molar-refractivity contribution in [2.75, 3.05) is 29.1 Å². The molecule has 0 saturated heterocycles. The first-order chi connectivity index (χ1) is 11.5. The maximum absolute atomic E-state index is 12.4. The number of hydrogen-bond donors (Lipinski definition) is 2. The van der Waals surface area contributed by atoms with E-state index in [-0.39, 0.29) is 11.8 Å². The largest absolute Gasteiger partial charge is 0.374 e. The maximum atomic E-state index is 12.4. The van der Waals surface area contributed by atoms with Crippen molar-refractivity contribution in [1.82, 2.24) is 0 Å². The van der Waals surface area contributed by atoms with Crippen LogP contribution in [0.4, 0.5) is 17.1 Å². The monoisotopic (exact) mass is 323 g/mol. The minimum Gasteiger partial charge on any atom is -0.374 e. The molecule has 0 aromatic heterocycles. The van der Waals surface area contributed by atoms with Crippen molar-refractivity contribution in [1.29, 1.82) is 0 Å². The molecule has 24 heavy (non-hydrogen) atoms. The molecule has 2 N–H and O–H groups in total. The van der Waals surface area contributed by atoms with Crippen molar-refractivity contribution in [2.24, 2.45) is 0 Å². The van der Waals surface area contributed by atoms with Gasteiger partial charge in [-0.15, -0.1) is 0 Å². The van der Waals surface area contributed by atoms with E-state index in [1.807, 2.05) is 6.07 Å². The molecule has 5 heteroatoms. The second-order valence-corrected chi connectivity index (χ2v) is 6.08. The Balaban J connectivity index is 1.71. The van der Waals surface area contributed by atoms with Crippen molar-refractivity contribution in [3.8, 4) is 0 Å². The van der Waals surface area contributed by atoms with Gasteiger partial charge in [0.05, 0.1) is 0 Å². The summed E-state index contributed by atoms with van der Waals surface area (Å²) in [7, 11) is 2.09. The molecular weight excluding hydrogens is 302 g/mol. The van der Waals surface area contributed by atoms with Gasteiger partial charge in [-0.25, -0.2) is 0 Å². The fourth-order valence-corrected chi connectivity index (χ4v) is 2.97. The molecule has 1 aliphatic heterocycles. The van der Waals surface area contributed by atoms with E-state index < -0.39 is 0 Å². The Bertz CT molecular complexity index is 769. The van der Waals surface area contributed by atoms with Gasteiger partial charge in [0, 0.05) is 43.1 Å². The first-order valence-corrected chi connectivity index (χ1v) is 8.06. The highest BCUT2D eigenvalue weighted by molar-refractivity contribution is 6.04. The Labute approximate surface area is 141 Å².